The van der Waals surface area contributed by atoms with E-state index in [0.29, 0.717) is 17.8 Å². The molecule has 5 N–H and O–H groups in total. The van der Waals surface area contributed by atoms with E-state index >= 15 is 0 Å². The highest BCUT2D eigenvalue weighted by Crippen LogP contribution is 2.16. The average Bonchev–Trinajstić information content (AvgIpc) is 2.98. The number of sulfonamides is 1. The zero-order valence-corrected chi connectivity index (χ0v) is 11.3. The molecule has 8 nitrogen and oxygen atoms in total. The zero-order valence-electron chi connectivity index (χ0n) is 10.5. The van der Waals surface area contributed by atoms with Gasteiger partial charge in [0.05, 0.1) is 17.7 Å². The predicted molar refractivity (Wildman–Crippen MR) is 68.7 cm³/mol. The fraction of sp³-hybridized carbons (Fsp3) is 0.400. The van der Waals surface area contributed by atoms with E-state index in [2.05, 4.69) is 24.9 Å². The van der Waals surface area contributed by atoms with Crippen molar-refractivity contribution in [1.82, 2.24) is 24.9 Å². The third-order valence-electron chi connectivity index (χ3n) is 2.66. The van der Waals surface area contributed by atoms with Gasteiger partial charge >= 0.3 is 0 Å². The molecule has 0 atom stereocenters. The minimum atomic E-state index is -3.60. The molecule has 0 aliphatic heterocycles. The Morgan fingerprint density at radius 1 is 1.47 bits per heavy atom. The van der Waals surface area contributed by atoms with Gasteiger partial charge in [0.1, 0.15) is 4.90 Å². The molecule has 9 heteroatoms. The lowest BCUT2D eigenvalue weighted by Gasteiger charge is -2.06. The number of nitrogens with zero attached hydrogens (tertiary/aromatic N) is 2. The van der Waals surface area contributed by atoms with Gasteiger partial charge in [-0.2, -0.15) is 5.10 Å². The topological polar surface area (TPSA) is 130 Å². The standard InChI is InChI=1S/C10H16N6O2S/c1-7-10(9(4-11)16-15-7)19(17,18)14-3-2-8-5-12-6-13-8/h5-6,14H,2-4,11H2,1H3,(H,12,13)(H,15,16). The summed E-state index contributed by atoms with van der Waals surface area (Å²) in [5, 5.41) is 6.51. The highest BCUT2D eigenvalue weighted by molar-refractivity contribution is 7.89. The van der Waals surface area contributed by atoms with Gasteiger partial charge in [-0.1, -0.05) is 0 Å². The van der Waals surface area contributed by atoms with E-state index in [4.69, 9.17) is 5.73 Å². The van der Waals surface area contributed by atoms with Crippen LogP contribution in [0.1, 0.15) is 17.1 Å². The summed E-state index contributed by atoms with van der Waals surface area (Å²) in [4.78, 5) is 6.91. The summed E-state index contributed by atoms with van der Waals surface area (Å²) in [7, 11) is -3.60. The molecule has 0 amide bonds. The van der Waals surface area contributed by atoms with Crippen LogP contribution in [0.15, 0.2) is 17.4 Å². The van der Waals surface area contributed by atoms with Crippen LogP contribution in [-0.2, 0) is 23.0 Å². The van der Waals surface area contributed by atoms with Gasteiger partial charge in [-0.15, -0.1) is 0 Å². The summed E-state index contributed by atoms with van der Waals surface area (Å²) < 4.78 is 26.9. The summed E-state index contributed by atoms with van der Waals surface area (Å²) in [5.74, 6) is 0. The molecule has 19 heavy (non-hydrogen) atoms. The fourth-order valence-electron chi connectivity index (χ4n) is 1.78. The van der Waals surface area contributed by atoms with Crippen LogP contribution in [0.25, 0.3) is 0 Å². The molecule has 0 spiro atoms. The first kappa shape index (κ1) is 13.7. The third kappa shape index (κ3) is 3.00. The molecule has 0 radical (unpaired) electrons. The van der Waals surface area contributed by atoms with E-state index in [1.807, 2.05) is 0 Å². The molecule has 0 aliphatic rings. The predicted octanol–water partition coefficient (Wildman–Crippen LogP) is -0.579. The normalized spacial score (nSPS) is 11.9. The smallest absolute Gasteiger partial charge is 0.244 e. The molecule has 0 fully saturated rings. The van der Waals surface area contributed by atoms with Gasteiger partial charge < -0.3 is 10.7 Å². The van der Waals surface area contributed by atoms with Crippen molar-refractivity contribution in [3.05, 3.63) is 29.6 Å². The second kappa shape index (κ2) is 5.51. The summed E-state index contributed by atoms with van der Waals surface area (Å²) in [6.45, 7) is 2.00. The van der Waals surface area contributed by atoms with Crippen molar-refractivity contribution in [2.24, 2.45) is 5.73 Å². The lowest BCUT2D eigenvalue weighted by molar-refractivity contribution is 0.579. The first-order valence-corrected chi connectivity index (χ1v) is 7.23. The van der Waals surface area contributed by atoms with Crippen LogP contribution >= 0.6 is 0 Å². The largest absolute Gasteiger partial charge is 0.348 e. The van der Waals surface area contributed by atoms with Crippen LogP contribution in [0.3, 0.4) is 0 Å². The first-order valence-electron chi connectivity index (χ1n) is 5.75. The Morgan fingerprint density at radius 3 is 2.89 bits per heavy atom. The minimum Gasteiger partial charge on any atom is -0.348 e. The van der Waals surface area contributed by atoms with E-state index in [1.165, 1.54) is 0 Å². The molecule has 0 unspecified atom stereocenters. The van der Waals surface area contributed by atoms with E-state index in [0.717, 1.165) is 5.69 Å². The van der Waals surface area contributed by atoms with Gasteiger partial charge in [0, 0.05) is 31.4 Å². The van der Waals surface area contributed by atoms with Gasteiger partial charge in [-0.25, -0.2) is 18.1 Å². The van der Waals surface area contributed by atoms with Gasteiger partial charge in [0.15, 0.2) is 0 Å². The number of aryl methyl sites for hydroxylation is 1. The van der Waals surface area contributed by atoms with Crippen molar-refractivity contribution in [3.63, 3.8) is 0 Å². The van der Waals surface area contributed by atoms with Crippen molar-refractivity contribution in [1.29, 1.82) is 0 Å². The SMILES string of the molecule is Cc1[nH]nc(CN)c1S(=O)(=O)NCCc1cnc[nH]1. The third-order valence-corrected chi connectivity index (χ3v) is 4.33. The lowest BCUT2D eigenvalue weighted by atomic mass is 10.3. The Balaban J connectivity index is 2.07. The fourth-order valence-corrected chi connectivity index (χ4v) is 3.18. The number of nitrogens with one attached hydrogen (secondary N) is 3. The average molecular weight is 284 g/mol. The van der Waals surface area contributed by atoms with E-state index < -0.39 is 10.0 Å². The Kier molecular flexibility index (Phi) is 3.98. The molecule has 0 bridgehead atoms. The molecule has 2 heterocycles. The summed E-state index contributed by atoms with van der Waals surface area (Å²) in [5.41, 5.74) is 7.17. The van der Waals surface area contributed by atoms with Crippen molar-refractivity contribution >= 4 is 10.0 Å². The van der Waals surface area contributed by atoms with Crippen molar-refractivity contribution in [2.45, 2.75) is 24.8 Å². The highest BCUT2D eigenvalue weighted by atomic mass is 32.2. The van der Waals surface area contributed by atoms with Crippen LogP contribution in [0.2, 0.25) is 0 Å². The summed E-state index contributed by atoms with van der Waals surface area (Å²) in [6, 6.07) is 0. The van der Waals surface area contributed by atoms with Crippen LogP contribution in [-0.4, -0.2) is 35.1 Å². The molecule has 0 saturated heterocycles. The Hall–Kier alpha value is -1.71. The molecule has 0 aromatic carbocycles. The molecule has 2 rings (SSSR count). The maximum absolute atomic E-state index is 12.2. The second-order valence-corrected chi connectivity index (χ2v) is 5.76. The maximum atomic E-state index is 12.2. The van der Waals surface area contributed by atoms with Gasteiger partial charge in [-0.3, -0.25) is 5.10 Å². The summed E-state index contributed by atoms with van der Waals surface area (Å²) >= 11 is 0. The van der Waals surface area contributed by atoms with Crippen LogP contribution < -0.4 is 10.5 Å². The Bertz CT molecular complexity index is 631. The quantitative estimate of drug-likeness (QED) is 0.564. The first-order chi connectivity index (χ1) is 9.04. The monoisotopic (exact) mass is 284 g/mol. The molecular weight excluding hydrogens is 268 g/mol. The molecular formula is C10H16N6O2S. The van der Waals surface area contributed by atoms with Crippen LogP contribution in [0.4, 0.5) is 0 Å². The molecule has 2 aromatic heterocycles. The maximum Gasteiger partial charge on any atom is 0.244 e. The van der Waals surface area contributed by atoms with E-state index in [9.17, 15) is 8.42 Å². The molecule has 2 aromatic rings. The van der Waals surface area contributed by atoms with Crippen molar-refractivity contribution in [2.75, 3.05) is 6.54 Å². The number of rotatable bonds is 6. The van der Waals surface area contributed by atoms with Gasteiger partial charge in [-0.05, 0) is 6.92 Å². The minimum absolute atomic E-state index is 0.0706. The van der Waals surface area contributed by atoms with E-state index in [-0.39, 0.29) is 18.0 Å². The number of aromatic nitrogens is 4. The molecule has 0 aliphatic carbocycles. The summed E-state index contributed by atoms with van der Waals surface area (Å²) in [6.07, 6.45) is 3.74. The number of hydrogen-bond acceptors (Lipinski definition) is 5. The van der Waals surface area contributed by atoms with Crippen molar-refractivity contribution < 1.29 is 8.42 Å². The van der Waals surface area contributed by atoms with Crippen LogP contribution in [0.5, 0.6) is 0 Å². The Morgan fingerprint density at radius 2 is 2.26 bits per heavy atom. The molecule has 0 saturated carbocycles. The number of H-pyrrole nitrogens is 2. The number of hydrogen-bond donors (Lipinski definition) is 4. The number of aromatic amines is 2. The Labute approximate surface area is 110 Å². The van der Waals surface area contributed by atoms with E-state index in [1.54, 1.807) is 19.4 Å². The van der Waals surface area contributed by atoms with Crippen molar-refractivity contribution in [3.8, 4) is 0 Å². The van der Waals surface area contributed by atoms with Gasteiger partial charge in [0.25, 0.3) is 0 Å². The zero-order chi connectivity index (χ0) is 13.9. The number of nitrogens with two attached hydrogens (primary N) is 1. The number of imidazole rings is 1. The molecule has 104 valence electrons. The van der Waals surface area contributed by atoms with Gasteiger partial charge in [0.2, 0.25) is 10.0 Å². The second-order valence-electron chi connectivity index (χ2n) is 4.05. The lowest BCUT2D eigenvalue weighted by Crippen LogP contribution is -2.27. The van der Waals surface area contributed by atoms with Crippen LogP contribution in [0, 0.1) is 6.92 Å². The highest BCUT2D eigenvalue weighted by Gasteiger charge is 2.23.